The second kappa shape index (κ2) is 18.7. The Hall–Kier alpha value is -6.96. The number of aromatic nitrogens is 1. The van der Waals surface area contributed by atoms with E-state index in [1.807, 2.05) is 37.3 Å². The molecular weight excluding hydrogens is 765 g/mol. The average Bonchev–Trinajstić information content (AvgIpc) is 3.86. The number of carboxylic acids is 1. The van der Waals surface area contributed by atoms with Gasteiger partial charge in [0.25, 0.3) is 5.91 Å². The van der Waals surface area contributed by atoms with Gasteiger partial charge < -0.3 is 40.6 Å². The largest absolute Gasteiger partial charge is 0.478 e. The van der Waals surface area contributed by atoms with Crippen molar-refractivity contribution in [3.05, 3.63) is 120 Å². The molecule has 0 radical (unpaired) electrons. The highest BCUT2D eigenvalue weighted by molar-refractivity contribution is 6.11. The first-order valence-corrected chi connectivity index (χ1v) is 20.0. The maximum atomic E-state index is 14.0. The molecule has 1 saturated heterocycles. The van der Waals surface area contributed by atoms with Gasteiger partial charge in [0.05, 0.1) is 24.2 Å². The Labute approximate surface area is 348 Å². The maximum absolute atomic E-state index is 14.0. The van der Waals surface area contributed by atoms with Crippen LogP contribution in [0, 0.1) is 0 Å². The lowest BCUT2D eigenvalue weighted by Gasteiger charge is -2.29. The maximum Gasteiger partial charge on any atom is 0.408 e. The van der Waals surface area contributed by atoms with Gasteiger partial charge in [-0.25, -0.2) is 9.59 Å². The number of aromatic amines is 1. The number of H-pyrrole nitrogens is 1. The number of rotatable bonds is 14. The molecule has 60 heavy (non-hydrogen) atoms. The molecule has 1 aromatic heterocycles. The van der Waals surface area contributed by atoms with Crippen LogP contribution in [0.4, 0.5) is 16.2 Å². The molecule has 1 aliphatic heterocycles. The highest BCUT2D eigenvalue weighted by atomic mass is 16.6. The molecule has 2 heterocycles. The summed E-state index contributed by atoms with van der Waals surface area (Å²) >= 11 is 0. The van der Waals surface area contributed by atoms with E-state index < -0.39 is 41.6 Å². The second-order valence-corrected chi connectivity index (χ2v) is 15.7. The van der Waals surface area contributed by atoms with Gasteiger partial charge in [0.2, 0.25) is 17.7 Å². The van der Waals surface area contributed by atoms with Crippen molar-refractivity contribution in [2.24, 2.45) is 0 Å². The van der Waals surface area contributed by atoms with Gasteiger partial charge in [0.1, 0.15) is 17.7 Å². The van der Waals surface area contributed by atoms with Crippen molar-refractivity contribution in [1.82, 2.24) is 20.1 Å². The van der Waals surface area contributed by atoms with E-state index in [0.717, 1.165) is 5.56 Å². The zero-order chi connectivity index (χ0) is 43.0. The molecule has 1 fully saturated rings. The standard InChI is InChI=1S/C46H50N6O8/c1-5-24-51(38(54)26-29-13-8-6-9-14-29)28-37(53)47-32-20-18-31(19-21-32)40-39(44(57)58)34-27-33(22-23-35(34)49-40)48-42(55)36-17-12-25-52(36)43(56)41(30-15-10-7-11-16-30)50-45(59)60-46(2,3)4/h6-11,13-16,18-23,27,36,41,49H,5,12,17,24-26,28H2,1-4H3,(H,47,53)(H,48,55)(H,50,59)(H,57,58)/t36-,41+/m0/s1. The topological polar surface area (TPSA) is 190 Å². The summed E-state index contributed by atoms with van der Waals surface area (Å²) in [5.41, 5.74) is 2.81. The van der Waals surface area contributed by atoms with Crippen molar-refractivity contribution >= 4 is 58.0 Å². The van der Waals surface area contributed by atoms with E-state index in [9.17, 15) is 33.9 Å². The molecule has 0 aliphatic carbocycles. The van der Waals surface area contributed by atoms with Gasteiger partial charge in [-0.05, 0) is 87.1 Å². The third-order valence-electron chi connectivity index (χ3n) is 10.00. The molecule has 2 atom stereocenters. The SMILES string of the molecule is CCCN(CC(=O)Nc1ccc(-c2[nH]c3ccc(NC(=O)[C@@H]4CCCN4C(=O)[C@H](NC(=O)OC(C)(C)C)c4ccccc4)cc3c2C(=O)O)cc1)C(=O)Cc1ccccc1. The molecule has 5 amide bonds. The number of alkyl carbamates (subject to hydrolysis) is 1. The first-order valence-electron chi connectivity index (χ1n) is 20.0. The summed E-state index contributed by atoms with van der Waals surface area (Å²) in [5, 5.41) is 19.1. The predicted octanol–water partition coefficient (Wildman–Crippen LogP) is 7.15. The number of carbonyl (C=O) groups is 6. The van der Waals surface area contributed by atoms with Crippen LogP contribution in [0.25, 0.3) is 22.2 Å². The van der Waals surface area contributed by atoms with Crippen LogP contribution < -0.4 is 16.0 Å². The van der Waals surface area contributed by atoms with Gasteiger partial charge in [-0.15, -0.1) is 0 Å². The Morgan fingerprint density at radius 2 is 1.55 bits per heavy atom. The minimum atomic E-state index is -1.19. The molecule has 5 N–H and O–H groups in total. The minimum absolute atomic E-state index is 0.0124. The number of nitrogens with zero attached hydrogens (tertiary/aromatic N) is 2. The second-order valence-electron chi connectivity index (χ2n) is 15.7. The van der Waals surface area contributed by atoms with Gasteiger partial charge in [-0.1, -0.05) is 79.7 Å². The Morgan fingerprint density at radius 3 is 2.20 bits per heavy atom. The fourth-order valence-corrected chi connectivity index (χ4v) is 7.30. The number of nitrogens with one attached hydrogen (secondary N) is 4. The van der Waals surface area contributed by atoms with E-state index in [4.69, 9.17) is 4.74 Å². The summed E-state index contributed by atoms with van der Waals surface area (Å²) in [4.78, 5) is 85.6. The number of hydrogen-bond donors (Lipinski definition) is 5. The van der Waals surface area contributed by atoms with Crippen LogP contribution in [0.1, 0.15) is 74.5 Å². The van der Waals surface area contributed by atoms with Gasteiger partial charge in [0, 0.05) is 35.4 Å². The van der Waals surface area contributed by atoms with E-state index >= 15 is 0 Å². The van der Waals surface area contributed by atoms with Gasteiger partial charge in [-0.2, -0.15) is 0 Å². The number of fused-ring (bicyclic) bond motifs is 1. The predicted molar refractivity (Wildman–Crippen MR) is 228 cm³/mol. The van der Waals surface area contributed by atoms with Crippen molar-refractivity contribution in [2.45, 2.75) is 71.1 Å². The van der Waals surface area contributed by atoms with E-state index in [1.54, 1.807) is 93.6 Å². The lowest BCUT2D eigenvalue weighted by atomic mass is 10.0. The average molecular weight is 815 g/mol. The van der Waals surface area contributed by atoms with E-state index in [1.165, 1.54) is 9.80 Å². The molecule has 1 aliphatic rings. The lowest BCUT2D eigenvalue weighted by Crippen LogP contribution is -2.49. The molecule has 14 nitrogen and oxygen atoms in total. The van der Waals surface area contributed by atoms with Crippen LogP contribution >= 0.6 is 0 Å². The van der Waals surface area contributed by atoms with Crippen LogP contribution in [0.5, 0.6) is 0 Å². The monoisotopic (exact) mass is 814 g/mol. The number of benzene rings is 4. The molecule has 5 aromatic rings. The number of hydrogen-bond acceptors (Lipinski definition) is 7. The van der Waals surface area contributed by atoms with Crippen molar-refractivity contribution in [3.8, 4) is 11.3 Å². The smallest absolute Gasteiger partial charge is 0.408 e. The first kappa shape index (κ1) is 42.6. The van der Waals surface area contributed by atoms with Crippen LogP contribution in [0.2, 0.25) is 0 Å². The number of amides is 5. The molecule has 0 spiro atoms. The fourth-order valence-electron chi connectivity index (χ4n) is 7.30. The summed E-state index contributed by atoms with van der Waals surface area (Å²) in [5.74, 6) is -2.60. The molecule has 14 heteroatoms. The van der Waals surface area contributed by atoms with Crippen LogP contribution in [-0.4, -0.2) is 86.9 Å². The van der Waals surface area contributed by atoms with Crippen LogP contribution in [0.15, 0.2) is 103 Å². The molecule has 4 aromatic carbocycles. The number of aromatic carboxylic acids is 1. The highest BCUT2D eigenvalue weighted by Gasteiger charge is 2.39. The Balaban J connectivity index is 1.15. The molecular formula is C46H50N6O8. The normalized spacial score (nSPS) is 14.3. The molecule has 6 rings (SSSR count). The fraction of sp³-hybridized carbons (Fsp3) is 0.304. The van der Waals surface area contributed by atoms with Crippen molar-refractivity contribution in [1.29, 1.82) is 0 Å². The van der Waals surface area contributed by atoms with Crippen molar-refractivity contribution in [2.75, 3.05) is 30.3 Å². The number of carbonyl (C=O) groups excluding carboxylic acids is 5. The van der Waals surface area contributed by atoms with Crippen LogP contribution in [0.3, 0.4) is 0 Å². The van der Waals surface area contributed by atoms with Crippen molar-refractivity contribution < 1.29 is 38.6 Å². The minimum Gasteiger partial charge on any atom is -0.478 e. The summed E-state index contributed by atoms with van der Waals surface area (Å²) < 4.78 is 5.43. The number of anilines is 2. The first-order chi connectivity index (χ1) is 28.7. The zero-order valence-corrected chi connectivity index (χ0v) is 34.1. The number of carboxylic acid groups (broad SMARTS) is 1. The Bertz CT molecular complexity index is 2360. The van der Waals surface area contributed by atoms with E-state index in [0.29, 0.717) is 71.5 Å². The van der Waals surface area contributed by atoms with E-state index in [2.05, 4.69) is 20.9 Å². The molecule has 0 bridgehead atoms. The third kappa shape index (κ3) is 10.6. The summed E-state index contributed by atoms with van der Waals surface area (Å²) in [6.07, 6.45) is 1.08. The van der Waals surface area contributed by atoms with E-state index in [-0.39, 0.29) is 30.3 Å². The van der Waals surface area contributed by atoms with Gasteiger partial charge >= 0.3 is 12.1 Å². The number of ether oxygens (including phenoxy) is 1. The zero-order valence-electron chi connectivity index (χ0n) is 34.1. The summed E-state index contributed by atoms with van der Waals surface area (Å²) in [6, 6.07) is 27.8. The molecule has 0 unspecified atom stereocenters. The van der Waals surface area contributed by atoms with Gasteiger partial charge in [-0.3, -0.25) is 19.2 Å². The molecule has 312 valence electrons. The lowest BCUT2D eigenvalue weighted by molar-refractivity contribution is -0.138. The van der Waals surface area contributed by atoms with Gasteiger partial charge in [0.15, 0.2) is 0 Å². The Morgan fingerprint density at radius 1 is 0.883 bits per heavy atom. The molecule has 0 saturated carbocycles. The summed E-state index contributed by atoms with van der Waals surface area (Å²) in [6.45, 7) is 7.74. The number of likely N-dealkylation sites (tertiary alicyclic amines) is 1. The Kier molecular flexibility index (Phi) is 13.3. The third-order valence-corrected chi connectivity index (χ3v) is 10.00. The van der Waals surface area contributed by atoms with Crippen LogP contribution in [-0.2, 0) is 30.3 Å². The summed E-state index contributed by atoms with van der Waals surface area (Å²) in [7, 11) is 0. The quantitative estimate of drug-likeness (QED) is 0.0781. The van der Waals surface area contributed by atoms with Crippen molar-refractivity contribution in [3.63, 3.8) is 0 Å². The highest BCUT2D eigenvalue weighted by Crippen LogP contribution is 2.33.